The van der Waals surface area contributed by atoms with Crippen LogP contribution < -0.4 is 10.3 Å². The number of hydrogen-bond acceptors (Lipinski definition) is 4. The van der Waals surface area contributed by atoms with Crippen molar-refractivity contribution in [1.82, 2.24) is 0 Å². The molecular weight excluding hydrogens is 286 g/mol. The lowest BCUT2D eigenvalue weighted by molar-refractivity contribution is 0.461. The van der Waals surface area contributed by atoms with Crippen molar-refractivity contribution < 1.29 is 5.11 Å². The maximum absolute atomic E-state index is 10.6. The fourth-order valence-electron chi connectivity index (χ4n) is 3.66. The molecule has 0 bridgehead atoms. The Morgan fingerprint density at radius 1 is 1.09 bits per heavy atom. The smallest absolute Gasteiger partial charge is 0.129 e. The molecule has 23 heavy (non-hydrogen) atoms. The first-order valence-electron chi connectivity index (χ1n) is 8.30. The summed E-state index contributed by atoms with van der Waals surface area (Å²) >= 11 is 0. The van der Waals surface area contributed by atoms with Gasteiger partial charge in [-0.2, -0.15) is 5.10 Å². The molecule has 0 fully saturated rings. The van der Waals surface area contributed by atoms with Crippen molar-refractivity contribution in [3.8, 4) is 5.75 Å². The highest BCUT2D eigenvalue weighted by Gasteiger charge is 2.27. The van der Waals surface area contributed by atoms with Crippen molar-refractivity contribution in [2.75, 3.05) is 23.4 Å². The molecule has 0 atom stereocenters. The predicted molar refractivity (Wildman–Crippen MR) is 94.6 cm³/mol. The molecule has 0 amide bonds. The van der Waals surface area contributed by atoms with E-state index in [1.165, 1.54) is 17.7 Å². The second-order valence-corrected chi connectivity index (χ2v) is 6.23. The number of aryl methyl sites for hydroxylation is 1. The Morgan fingerprint density at radius 2 is 1.87 bits per heavy atom. The van der Waals surface area contributed by atoms with E-state index in [1.807, 2.05) is 30.3 Å². The summed E-state index contributed by atoms with van der Waals surface area (Å²) < 4.78 is 0. The van der Waals surface area contributed by atoms with Crippen molar-refractivity contribution in [3.05, 3.63) is 53.1 Å². The molecule has 0 unspecified atom stereocenters. The van der Waals surface area contributed by atoms with Gasteiger partial charge in [0.05, 0.1) is 11.9 Å². The zero-order valence-corrected chi connectivity index (χ0v) is 13.1. The monoisotopic (exact) mass is 307 g/mol. The van der Waals surface area contributed by atoms with Crippen molar-refractivity contribution in [2.45, 2.75) is 25.7 Å². The van der Waals surface area contributed by atoms with Gasteiger partial charge in [-0.1, -0.05) is 18.2 Å². The fourth-order valence-corrected chi connectivity index (χ4v) is 3.66. The van der Waals surface area contributed by atoms with Gasteiger partial charge in [-0.15, -0.1) is 0 Å². The molecule has 0 spiro atoms. The zero-order chi connectivity index (χ0) is 15.6. The minimum absolute atomic E-state index is 0.397. The van der Waals surface area contributed by atoms with Crippen LogP contribution in [0, 0.1) is 0 Å². The average Bonchev–Trinajstić information content (AvgIpc) is 2.60. The van der Waals surface area contributed by atoms with Crippen LogP contribution in [0.5, 0.6) is 5.75 Å². The molecule has 4 heteroatoms. The van der Waals surface area contributed by atoms with E-state index in [9.17, 15) is 5.11 Å². The topological polar surface area (TPSA) is 47.9 Å². The molecule has 0 saturated heterocycles. The van der Waals surface area contributed by atoms with Crippen LogP contribution in [-0.4, -0.2) is 24.4 Å². The Balaban J connectivity index is 1.64. The van der Waals surface area contributed by atoms with Gasteiger partial charge in [-0.3, -0.25) is 5.43 Å². The largest absolute Gasteiger partial charge is 0.507 e. The van der Waals surface area contributed by atoms with Gasteiger partial charge in [0, 0.05) is 29.9 Å². The lowest BCUT2D eigenvalue weighted by Gasteiger charge is -2.37. The fraction of sp³-hybridized carbons (Fsp3) is 0.316. The molecule has 0 aliphatic carbocycles. The summed E-state index contributed by atoms with van der Waals surface area (Å²) in [6.45, 7) is 2.23. The van der Waals surface area contributed by atoms with E-state index in [-0.39, 0.29) is 0 Å². The molecule has 2 aromatic carbocycles. The van der Waals surface area contributed by atoms with Crippen LogP contribution >= 0.6 is 0 Å². The zero-order valence-electron chi connectivity index (χ0n) is 13.1. The van der Waals surface area contributed by atoms with Gasteiger partial charge in [0.25, 0.3) is 0 Å². The maximum Gasteiger partial charge on any atom is 0.129 e. The number of nitrogens with one attached hydrogen (secondary N) is 1. The minimum atomic E-state index is 0.397. The van der Waals surface area contributed by atoms with Gasteiger partial charge in [0.1, 0.15) is 5.75 Å². The minimum Gasteiger partial charge on any atom is -0.507 e. The quantitative estimate of drug-likeness (QED) is 0.673. The Kier molecular flexibility index (Phi) is 3.66. The highest BCUT2D eigenvalue weighted by Crippen LogP contribution is 2.41. The SMILES string of the molecule is Oc1c(C=NNc2ccccc2)cc2c3c1CCCN3CCC2. The molecule has 2 aromatic rings. The molecule has 2 aliphatic heterocycles. The van der Waals surface area contributed by atoms with Crippen molar-refractivity contribution in [1.29, 1.82) is 0 Å². The second-order valence-electron chi connectivity index (χ2n) is 6.23. The molecule has 118 valence electrons. The number of rotatable bonds is 3. The summed E-state index contributed by atoms with van der Waals surface area (Å²) in [4.78, 5) is 2.43. The molecule has 4 nitrogen and oxygen atoms in total. The number of hydrogen-bond donors (Lipinski definition) is 2. The lowest BCUT2D eigenvalue weighted by Crippen LogP contribution is -2.34. The second kappa shape index (κ2) is 5.95. The van der Waals surface area contributed by atoms with Crippen LogP contribution in [0.25, 0.3) is 0 Å². The summed E-state index contributed by atoms with van der Waals surface area (Å²) in [6.07, 6.45) is 6.08. The summed E-state index contributed by atoms with van der Waals surface area (Å²) in [6, 6.07) is 11.9. The van der Waals surface area contributed by atoms with E-state index >= 15 is 0 Å². The van der Waals surface area contributed by atoms with E-state index < -0.39 is 0 Å². The van der Waals surface area contributed by atoms with Gasteiger partial charge in [-0.25, -0.2) is 0 Å². The van der Waals surface area contributed by atoms with Crippen LogP contribution in [0.1, 0.15) is 29.5 Å². The molecule has 0 saturated carbocycles. The summed E-state index contributed by atoms with van der Waals surface area (Å²) in [5.41, 5.74) is 8.50. The lowest BCUT2D eigenvalue weighted by atomic mass is 9.89. The molecule has 4 rings (SSSR count). The van der Waals surface area contributed by atoms with Gasteiger partial charge in [0.15, 0.2) is 0 Å². The van der Waals surface area contributed by atoms with Crippen LogP contribution in [0.2, 0.25) is 0 Å². The predicted octanol–water partition coefficient (Wildman–Crippen LogP) is 3.54. The van der Waals surface area contributed by atoms with Gasteiger partial charge >= 0.3 is 0 Å². The third kappa shape index (κ3) is 2.65. The van der Waals surface area contributed by atoms with Crippen molar-refractivity contribution in [3.63, 3.8) is 0 Å². The molecule has 2 aliphatic rings. The van der Waals surface area contributed by atoms with E-state index in [0.717, 1.165) is 49.2 Å². The van der Waals surface area contributed by atoms with Crippen molar-refractivity contribution in [2.24, 2.45) is 5.10 Å². The highest BCUT2D eigenvalue weighted by atomic mass is 16.3. The number of phenols is 1. The summed E-state index contributed by atoms with van der Waals surface area (Å²) in [5, 5.41) is 14.9. The third-order valence-electron chi connectivity index (χ3n) is 4.70. The molecule has 2 N–H and O–H groups in total. The first-order chi connectivity index (χ1) is 11.3. The van der Waals surface area contributed by atoms with Crippen LogP contribution in [0.3, 0.4) is 0 Å². The van der Waals surface area contributed by atoms with E-state index in [2.05, 4.69) is 21.5 Å². The van der Waals surface area contributed by atoms with E-state index in [0.29, 0.717) is 5.75 Å². The highest BCUT2D eigenvalue weighted by molar-refractivity contribution is 5.88. The van der Waals surface area contributed by atoms with Crippen LogP contribution in [-0.2, 0) is 12.8 Å². The number of anilines is 2. The summed E-state index contributed by atoms with van der Waals surface area (Å²) in [7, 11) is 0. The number of aromatic hydroxyl groups is 1. The number of para-hydroxylation sites is 1. The molecular formula is C19H21N3O. The standard InChI is InChI=1S/C19H21N3O/c23-19-15(13-20-21-16-7-2-1-3-8-16)12-14-6-4-10-22-11-5-9-17(19)18(14)22/h1-3,7-8,12-13,21,23H,4-6,9-11H2. The van der Waals surface area contributed by atoms with Crippen LogP contribution in [0.4, 0.5) is 11.4 Å². The Hall–Kier alpha value is -2.49. The molecule has 0 aromatic heterocycles. The number of benzene rings is 2. The van der Waals surface area contributed by atoms with E-state index in [1.54, 1.807) is 6.21 Å². The van der Waals surface area contributed by atoms with Gasteiger partial charge < -0.3 is 10.0 Å². The molecule has 0 radical (unpaired) electrons. The molecule has 2 heterocycles. The van der Waals surface area contributed by atoms with E-state index in [4.69, 9.17) is 0 Å². The Morgan fingerprint density at radius 3 is 2.70 bits per heavy atom. The number of hydrazone groups is 1. The van der Waals surface area contributed by atoms with Gasteiger partial charge in [-0.05, 0) is 49.4 Å². The Bertz CT molecular complexity index is 738. The third-order valence-corrected chi connectivity index (χ3v) is 4.70. The maximum atomic E-state index is 10.6. The van der Waals surface area contributed by atoms with Crippen LogP contribution in [0.15, 0.2) is 41.5 Å². The number of phenolic OH excluding ortho intramolecular Hbond substituents is 1. The first-order valence-corrected chi connectivity index (χ1v) is 8.30. The average molecular weight is 307 g/mol. The summed E-state index contributed by atoms with van der Waals surface area (Å²) in [5.74, 6) is 0.397. The number of nitrogens with zero attached hydrogens (tertiary/aromatic N) is 2. The van der Waals surface area contributed by atoms with Gasteiger partial charge in [0.2, 0.25) is 0 Å². The Labute approximate surface area is 136 Å². The normalized spacial score (nSPS) is 16.4. The van der Waals surface area contributed by atoms with Crippen molar-refractivity contribution >= 4 is 17.6 Å². The first kappa shape index (κ1) is 14.1.